The molecule has 1 atom stereocenters. The third-order valence-corrected chi connectivity index (χ3v) is 4.31. The van der Waals surface area contributed by atoms with Crippen LogP contribution in [0.3, 0.4) is 0 Å². The molecule has 0 saturated carbocycles. The lowest BCUT2D eigenvalue weighted by Crippen LogP contribution is -2.43. The number of rotatable bonds is 3. The molecule has 0 bridgehead atoms. The lowest BCUT2D eigenvalue weighted by atomic mass is 10.0. The normalized spacial score (nSPS) is 20.0. The lowest BCUT2D eigenvalue weighted by molar-refractivity contribution is -0.118. The maximum absolute atomic E-state index is 12.5. The molecule has 1 amide bonds. The van der Waals surface area contributed by atoms with Gasteiger partial charge in [-0.05, 0) is 44.0 Å². The number of aromatic nitrogens is 1. The summed E-state index contributed by atoms with van der Waals surface area (Å²) >= 11 is 0. The van der Waals surface area contributed by atoms with Crippen LogP contribution in [-0.4, -0.2) is 44.1 Å². The van der Waals surface area contributed by atoms with Crippen LogP contribution < -0.4 is 15.1 Å². The van der Waals surface area contributed by atoms with E-state index in [9.17, 15) is 4.79 Å². The Morgan fingerprint density at radius 2 is 2.23 bits per heavy atom. The first kappa shape index (κ1) is 19.0. The predicted octanol–water partition coefficient (Wildman–Crippen LogP) is 2.10. The zero-order valence-corrected chi connectivity index (χ0v) is 14.5. The minimum atomic E-state index is 0. The highest BCUT2D eigenvalue weighted by atomic mass is 35.5. The van der Waals surface area contributed by atoms with Crippen LogP contribution in [0, 0.1) is 5.92 Å². The van der Waals surface area contributed by atoms with Crippen molar-refractivity contribution in [2.45, 2.75) is 19.3 Å². The molecular formula is C15H24Cl2N4O. The summed E-state index contributed by atoms with van der Waals surface area (Å²) in [5, 5.41) is 3.36. The van der Waals surface area contributed by atoms with Gasteiger partial charge in [-0.2, -0.15) is 0 Å². The van der Waals surface area contributed by atoms with Crippen LogP contribution in [0.25, 0.3) is 0 Å². The Hall–Kier alpha value is -1.04. The number of hydrogen-bond acceptors (Lipinski definition) is 4. The van der Waals surface area contributed by atoms with E-state index in [1.54, 1.807) is 6.20 Å². The number of fused-ring (bicyclic) bond motifs is 1. The Kier molecular flexibility index (Phi) is 7.39. The second kappa shape index (κ2) is 8.56. The summed E-state index contributed by atoms with van der Waals surface area (Å²) in [5.41, 5.74) is 0.954. The number of nitrogens with zero attached hydrogens (tertiary/aromatic N) is 3. The standard InChI is InChI=1S/C15H22N4O.2ClH/c1-18-9-10-19(13-3-2-7-17-15(13)18)14(20)5-4-12-6-8-16-11-12;;/h2-3,7,12,16H,4-6,8-11H2,1H3;2*1H. The highest BCUT2D eigenvalue weighted by molar-refractivity contribution is 5.97. The number of nitrogens with one attached hydrogen (secondary N) is 1. The molecule has 7 heteroatoms. The van der Waals surface area contributed by atoms with Crippen molar-refractivity contribution in [1.82, 2.24) is 10.3 Å². The van der Waals surface area contributed by atoms with Crippen LogP contribution in [-0.2, 0) is 4.79 Å². The molecule has 124 valence electrons. The summed E-state index contributed by atoms with van der Waals surface area (Å²) in [5.74, 6) is 1.81. The molecule has 3 rings (SSSR count). The second-order valence-corrected chi connectivity index (χ2v) is 5.71. The smallest absolute Gasteiger partial charge is 0.227 e. The summed E-state index contributed by atoms with van der Waals surface area (Å²) in [6, 6.07) is 3.90. The average molecular weight is 347 g/mol. The van der Waals surface area contributed by atoms with Crippen molar-refractivity contribution in [3.8, 4) is 0 Å². The number of anilines is 2. The first-order valence-corrected chi connectivity index (χ1v) is 7.43. The Morgan fingerprint density at radius 1 is 1.41 bits per heavy atom. The van der Waals surface area contributed by atoms with Crippen molar-refractivity contribution in [3.05, 3.63) is 18.3 Å². The fourth-order valence-electron chi connectivity index (χ4n) is 3.05. The molecule has 3 heterocycles. The number of carbonyl (C=O) groups excluding carboxylic acids is 1. The van der Waals surface area contributed by atoms with Crippen LogP contribution in [0.1, 0.15) is 19.3 Å². The molecule has 1 aromatic heterocycles. The van der Waals surface area contributed by atoms with Crippen molar-refractivity contribution in [2.75, 3.05) is 43.0 Å². The number of amides is 1. The molecule has 1 fully saturated rings. The quantitative estimate of drug-likeness (QED) is 0.910. The van der Waals surface area contributed by atoms with Gasteiger partial charge < -0.3 is 15.1 Å². The minimum absolute atomic E-state index is 0. The number of hydrogen-bond donors (Lipinski definition) is 1. The van der Waals surface area contributed by atoms with E-state index in [2.05, 4.69) is 15.2 Å². The summed E-state index contributed by atoms with van der Waals surface area (Å²) < 4.78 is 0. The highest BCUT2D eigenvalue weighted by Gasteiger charge is 2.26. The van der Waals surface area contributed by atoms with Crippen LogP contribution in [0.15, 0.2) is 18.3 Å². The van der Waals surface area contributed by atoms with Crippen molar-refractivity contribution in [3.63, 3.8) is 0 Å². The number of halogens is 2. The van der Waals surface area contributed by atoms with E-state index in [-0.39, 0.29) is 30.7 Å². The monoisotopic (exact) mass is 346 g/mol. The van der Waals surface area contributed by atoms with Gasteiger partial charge in [0.1, 0.15) is 0 Å². The summed E-state index contributed by atoms with van der Waals surface area (Å²) in [7, 11) is 2.03. The third-order valence-electron chi connectivity index (χ3n) is 4.31. The number of pyridine rings is 1. The molecule has 2 aliphatic heterocycles. The molecule has 22 heavy (non-hydrogen) atoms. The van der Waals surface area contributed by atoms with Crippen molar-refractivity contribution in [1.29, 1.82) is 0 Å². The van der Waals surface area contributed by atoms with Gasteiger partial charge >= 0.3 is 0 Å². The molecule has 2 aliphatic rings. The summed E-state index contributed by atoms with van der Waals surface area (Å²) in [4.78, 5) is 20.9. The zero-order valence-electron chi connectivity index (χ0n) is 12.8. The topological polar surface area (TPSA) is 48.5 Å². The van der Waals surface area contributed by atoms with Crippen LogP contribution in [0.4, 0.5) is 11.5 Å². The highest BCUT2D eigenvalue weighted by Crippen LogP contribution is 2.30. The zero-order chi connectivity index (χ0) is 13.9. The molecular weight excluding hydrogens is 323 g/mol. The fraction of sp³-hybridized carbons (Fsp3) is 0.600. The van der Waals surface area contributed by atoms with Crippen molar-refractivity contribution < 1.29 is 4.79 Å². The Labute approximate surface area is 144 Å². The van der Waals surface area contributed by atoms with Crippen molar-refractivity contribution >= 4 is 42.2 Å². The predicted molar refractivity (Wildman–Crippen MR) is 94.6 cm³/mol. The SMILES string of the molecule is CN1CCN(C(=O)CCC2CCNC2)c2cccnc21.Cl.Cl. The molecule has 5 nitrogen and oxygen atoms in total. The van der Waals surface area contributed by atoms with E-state index in [1.807, 2.05) is 24.1 Å². The number of carbonyl (C=O) groups is 1. The van der Waals surface area contributed by atoms with Gasteiger partial charge in [0.05, 0.1) is 5.69 Å². The van der Waals surface area contributed by atoms with Gasteiger partial charge in [-0.15, -0.1) is 24.8 Å². The maximum atomic E-state index is 12.5. The first-order chi connectivity index (χ1) is 9.75. The molecule has 0 spiro atoms. The second-order valence-electron chi connectivity index (χ2n) is 5.71. The van der Waals surface area contributed by atoms with E-state index in [4.69, 9.17) is 0 Å². The van der Waals surface area contributed by atoms with E-state index >= 15 is 0 Å². The van der Waals surface area contributed by atoms with Crippen molar-refractivity contribution in [2.24, 2.45) is 5.92 Å². The van der Waals surface area contributed by atoms with Gasteiger partial charge in [0, 0.05) is 32.8 Å². The molecule has 0 radical (unpaired) electrons. The molecule has 1 saturated heterocycles. The Bertz CT molecular complexity index is 494. The largest absolute Gasteiger partial charge is 0.356 e. The van der Waals surface area contributed by atoms with Gasteiger partial charge in [0.2, 0.25) is 5.91 Å². The van der Waals surface area contributed by atoms with Gasteiger partial charge in [-0.1, -0.05) is 0 Å². The molecule has 1 aromatic rings. The van der Waals surface area contributed by atoms with Gasteiger partial charge in [-0.25, -0.2) is 4.98 Å². The number of likely N-dealkylation sites (N-methyl/N-ethyl adjacent to an activating group) is 1. The fourth-order valence-corrected chi connectivity index (χ4v) is 3.05. The van der Waals surface area contributed by atoms with Crippen LogP contribution in [0.2, 0.25) is 0 Å². The minimum Gasteiger partial charge on any atom is -0.356 e. The van der Waals surface area contributed by atoms with E-state index in [0.717, 1.165) is 44.1 Å². The molecule has 1 N–H and O–H groups in total. The van der Waals surface area contributed by atoms with Crippen LogP contribution in [0.5, 0.6) is 0 Å². The van der Waals surface area contributed by atoms with E-state index in [0.29, 0.717) is 12.3 Å². The Balaban J connectivity index is 0.00000121. The van der Waals surface area contributed by atoms with Gasteiger partial charge in [0.25, 0.3) is 0 Å². The third kappa shape index (κ3) is 4.03. The van der Waals surface area contributed by atoms with Crippen LogP contribution >= 0.6 is 24.8 Å². The van der Waals surface area contributed by atoms with Gasteiger partial charge in [0.15, 0.2) is 5.82 Å². The lowest BCUT2D eigenvalue weighted by Gasteiger charge is -2.34. The molecule has 1 unspecified atom stereocenters. The summed E-state index contributed by atoms with van der Waals surface area (Å²) in [6.07, 6.45) is 4.62. The average Bonchev–Trinajstić information content (AvgIpc) is 2.99. The molecule has 0 aliphatic carbocycles. The van der Waals surface area contributed by atoms with E-state index < -0.39 is 0 Å². The summed E-state index contributed by atoms with van der Waals surface area (Å²) in [6.45, 7) is 3.77. The first-order valence-electron chi connectivity index (χ1n) is 7.43. The van der Waals surface area contributed by atoms with Gasteiger partial charge in [-0.3, -0.25) is 4.79 Å². The Morgan fingerprint density at radius 3 is 2.95 bits per heavy atom. The molecule has 0 aromatic carbocycles. The van der Waals surface area contributed by atoms with E-state index in [1.165, 1.54) is 6.42 Å². The maximum Gasteiger partial charge on any atom is 0.227 e.